The molecule has 0 saturated heterocycles. The van der Waals surface area contributed by atoms with Gasteiger partial charge in [-0.1, -0.05) is 18.8 Å². The highest BCUT2D eigenvalue weighted by molar-refractivity contribution is 7.90. The molecular formula is C30H36F3N5O4S. The summed E-state index contributed by atoms with van der Waals surface area (Å²) in [5, 5.41) is 6.14. The van der Waals surface area contributed by atoms with E-state index in [2.05, 4.69) is 39.3 Å². The van der Waals surface area contributed by atoms with E-state index in [0.29, 0.717) is 23.0 Å². The molecule has 1 aromatic heterocycles. The summed E-state index contributed by atoms with van der Waals surface area (Å²) in [6.07, 6.45) is 0.356. The second kappa shape index (κ2) is 12.9. The van der Waals surface area contributed by atoms with Crippen molar-refractivity contribution in [1.29, 1.82) is 0 Å². The van der Waals surface area contributed by atoms with Crippen molar-refractivity contribution in [3.63, 3.8) is 0 Å². The van der Waals surface area contributed by atoms with Crippen LogP contribution >= 0.6 is 0 Å². The van der Waals surface area contributed by atoms with Crippen LogP contribution in [0.1, 0.15) is 42.1 Å². The van der Waals surface area contributed by atoms with Crippen LogP contribution in [0.5, 0.6) is 5.75 Å². The first kappa shape index (κ1) is 32.2. The second-order valence-electron chi connectivity index (χ2n) is 11.2. The molecule has 1 fully saturated rings. The predicted molar refractivity (Wildman–Crippen MR) is 159 cm³/mol. The summed E-state index contributed by atoms with van der Waals surface area (Å²) in [5.41, 5.74) is 1.37. The van der Waals surface area contributed by atoms with Gasteiger partial charge in [-0.15, -0.1) is 0 Å². The van der Waals surface area contributed by atoms with Crippen molar-refractivity contribution in [1.82, 2.24) is 19.8 Å². The average Bonchev–Trinajstić information content (AvgIpc) is 3.31. The Morgan fingerprint density at radius 3 is 2.58 bits per heavy atom. The number of aromatic nitrogens is 2. The van der Waals surface area contributed by atoms with E-state index in [1.807, 2.05) is 14.1 Å². The molecule has 2 aromatic carbocycles. The third-order valence-corrected chi connectivity index (χ3v) is 8.82. The third kappa shape index (κ3) is 8.00. The lowest BCUT2D eigenvalue weighted by atomic mass is 9.82. The molecule has 0 spiro atoms. The summed E-state index contributed by atoms with van der Waals surface area (Å²) in [4.78, 5) is 20.0. The fraction of sp³-hybridized carbons (Fsp3) is 0.467. The number of rotatable bonds is 8. The molecule has 43 heavy (non-hydrogen) atoms. The molecule has 9 nitrogen and oxygen atoms in total. The zero-order valence-electron chi connectivity index (χ0n) is 24.7. The van der Waals surface area contributed by atoms with Crippen LogP contribution in [0, 0.1) is 17.8 Å². The molecule has 3 atom stereocenters. The number of ether oxygens (including phenoxy) is 1. The Hall–Kier alpha value is -3.76. The number of carbonyl (C=O) groups is 1. The Morgan fingerprint density at radius 1 is 1.21 bits per heavy atom. The number of hydrogen-bond acceptors (Lipinski definition) is 7. The standard InChI is InChI=1S/C30H36F3N5O4S/c1-19-13-21(37(2)3)8-10-24(19)36-29(39)23-14-20(15-26-28(23)35-18-38(26)17-30(31,32)33)7-6-12-34-25-11-9-22(43(5,40)41)16-27(25)42-4/h9,11,14-16,18-19,21,24,34H,8,10,12-13,17H2,1-5H3,(H,36,39)/t19-,21-,24-/m1/s1. The minimum absolute atomic E-state index is 0.0704. The van der Waals surface area contributed by atoms with E-state index < -0.39 is 28.5 Å². The average molecular weight is 620 g/mol. The van der Waals surface area contributed by atoms with Gasteiger partial charge in [0, 0.05) is 30.0 Å². The molecule has 1 saturated carbocycles. The first-order valence-corrected chi connectivity index (χ1v) is 15.7. The number of anilines is 1. The first-order valence-electron chi connectivity index (χ1n) is 13.8. The number of carbonyl (C=O) groups excluding carboxylic acids is 1. The Bertz CT molecular complexity index is 1660. The maximum atomic E-state index is 13.5. The minimum atomic E-state index is -4.48. The Labute approximate surface area is 249 Å². The first-order chi connectivity index (χ1) is 20.2. The number of nitrogens with zero attached hydrogens (tertiary/aromatic N) is 3. The molecule has 13 heteroatoms. The Balaban J connectivity index is 1.60. The smallest absolute Gasteiger partial charge is 0.406 e. The van der Waals surface area contributed by atoms with Gasteiger partial charge in [-0.05, 0) is 63.5 Å². The third-order valence-electron chi connectivity index (χ3n) is 7.71. The molecule has 4 rings (SSSR count). The van der Waals surface area contributed by atoms with Crippen LogP contribution in [0.2, 0.25) is 0 Å². The number of nitrogens with one attached hydrogen (secondary N) is 2. The van der Waals surface area contributed by atoms with Crippen molar-refractivity contribution in [2.45, 2.75) is 55.9 Å². The lowest BCUT2D eigenvalue weighted by molar-refractivity contribution is -0.139. The summed E-state index contributed by atoms with van der Waals surface area (Å²) in [5.74, 6) is 5.98. The molecule has 0 radical (unpaired) electrons. The molecular weight excluding hydrogens is 583 g/mol. The highest BCUT2D eigenvalue weighted by atomic mass is 32.2. The van der Waals surface area contributed by atoms with Gasteiger partial charge in [-0.2, -0.15) is 13.2 Å². The highest BCUT2D eigenvalue weighted by Gasteiger charge is 2.32. The van der Waals surface area contributed by atoms with E-state index in [1.54, 1.807) is 12.1 Å². The SMILES string of the molecule is COc1cc(S(C)(=O)=O)ccc1NCC#Cc1cc(C(=O)N[C@@H]2CC[C@@H](N(C)C)C[C@H]2C)c2ncn(CC(F)(F)F)c2c1. The Morgan fingerprint density at radius 2 is 1.95 bits per heavy atom. The van der Waals surface area contributed by atoms with Gasteiger partial charge in [0.25, 0.3) is 5.91 Å². The van der Waals surface area contributed by atoms with Gasteiger partial charge in [-0.3, -0.25) is 4.79 Å². The van der Waals surface area contributed by atoms with Crippen molar-refractivity contribution < 1.29 is 31.1 Å². The summed E-state index contributed by atoms with van der Waals surface area (Å²) < 4.78 is 69.8. The highest BCUT2D eigenvalue weighted by Crippen LogP contribution is 2.29. The number of benzene rings is 2. The molecule has 232 valence electrons. The van der Waals surface area contributed by atoms with Crippen LogP contribution < -0.4 is 15.4 Å². The lowest BCUT2D eigenvalue weighted by Gasteiger charge is -2.37. The van der Waals surface area contributed by atoms with Gasteiger partial charge in [0.05, 0.1) is 41.6 Å². The van der Waals surface area contributed by atoms with Crippen LogP contribution in [-0.4, -0.2) is 81.0 Å². The number of amides is 1. The fourth-order valence-corrected chi connectivity index (χ4v) is 6.00. The maximum absolute atomic E-state index is 13.5. The van der Waals surface area contributed by atoms with Crippen LogP contribution in [0.3, 0.4) is 0 Å². The second-order valence-corrected chi connectivity index (χ2v) is 13.2. The monoisotopic (exact) mass is 619 g/mol. The summed E-state index contributed by atoms with van der Waals surface area (Å²) in [7, 11) is 2.07. The van der Waals surface area contributed by atoms with Crippen LogP contribution in [0.15, 0.2) is 41.6 Å². The van der Waals surface area contributed by atoms with Gasteiger partial charge in [0.2, 0.25) is 0 Å². The van der Waals surface area contributed by atoms with Gasteiger partial charge >= 0.3 is 6.18 Å². The molecule has 3 aromatic rings. The van der Waals surface area contributed by atoms with E-state index in [0.717, 1.165) is 36.4 Å². The number of alkyl halides is 3. The molecule has 1 amide bonds. The van der Waals surface area contributed by atoms with Crippen LogP contribution in [0.25, 0.3) is 11.0 Å². The number of halogens is 3. The van der Waals surface area contributed by atoms with E-state index >= 15 is 0 Å². The van der Waals surface area contributed by atoms with E-state index in [4.69, 9.17) is 4.74 Å². The number of methoxy groups -OCH3 is 1. The van der Waals surface area contributed by atoms with Gasteiger partial charge in [-0.25, -0.2) is 13.4 Å². The molecule has 1 aliphatic rings. The Kier molecular flexibility index (Phi) is 9.61. The van der Waals surface area contributed by atoms with Crippen molar-refractivity contribution in [3.8, 4) is 17.6 Å². The molecule has 0 aliphatic heterocycles. The summed E-state index contributed by atoms with van der Waals surface area (Å²) in [6.45, 7) is 0.952. The number of fused-ring (bicyclic) bond motifs is 1. The quantitative estimate of drug-likeness (QED) is 0.362. The van der Waals surface area contributed by atoms with Crippen molar-refractivity contribution in [2.75, 3.05) is 39.3 Å². The van der Waals surface area contributed by atoms with Crippen LogP contribution in [0.4, 0.5) is 18.9 Å². The molecule has 1 aliphatic carbocycles. The van der Waals surface area contributed by atoms with E-state index in [9.17, 15) is 26.4 Å². The van der Waals surface area contributed by atoms with Crippen molar-refractivity contribution in [2.24, 2.45) is 5.92 Å². The van der Waals surface area contributed by atoms with Crippen molar-refractivity contribution >= 4 is 32.5 Å². The summed E-state index contributed by atoms with van der Waals surface area (Å²) >= 11 is 0. The number of sulfone groups is 1. The molecule has 2 N–H and O–H groups in total. The molecule has 0 unspecified atom stereocenters. The van der Waals surface area contributed by atoms with Gasteiger partial charge in [0.1, 0.15) is 17.8 Å². The minimum Gasteiger partial charge on any atom is -0.495 e. The van der Waals surface area contributed by atoms with Gasteiger partial charge in [0.15, 0.2) is 9.84 Å². The topological polar surface area (TPSA) is 106 Å². The van der Waals surface area contributed by atoms with Gasteiger partial charge < -0.3 is 24.8 Å². The van der Waals surface area contributed by atoms with Crippen molar-refractivity contribution in [3.05, 3.63) is 47.8 Å². The van der Waals surface area contributed by atoms with E-state index in [1.165, 1.54) is 25.3 Å². The molecule has 1 heterocycles. The lowest BCUT2D eigenvalue weighted by Crippen LogP contribution is -2.46. The zero-order valence-corrected chi connectivity index (χ0v) is 25.6. The predicted octanol–water partition coefficient (Wildman–Crippen LogP) is 4.32. The maximum Gasteiger partial charge on any atom is 0.406 e. The fourth-order valence-electron chi connectivity index (χ4n) is 5.36. The number of imidazole rings is 1. The van der Waals surface area contributed by atoms with E-state index in [-0.39, 0.29) is 40.0 Å². The zero-order chi connectivity index (χ0) is 31.5. The summed E-state index contributed by atoms with van der Waals surface area (Å²) in [6, 6.07) is 7.81. The molecule has 0 bridgehead atoms. The number of hydrogen-bond donors (Lipinski definition) is 2. The largest absolute Gasteiger partial charge is 0.495 e. The van der Waals surface area contributed by atoms with Crippen LogP contribution in [-0.2, 0) is 16.4 Å². The normalized spacial score (nSPS) is 19.1.